The van der Waals surface area contributed by atoms with Crippen LogP contribution in [0, 0.1) is 0 Å². The van der Waals surface area contributed by atoms with Crippen LogP contribution in [0.5, 0.6) is 0 Å². The Bertz CT molecular complexity index is 707. The van der Waals surface area contributed by atoms with Crippen molar-refractivity contribution in [3.05, 3.63) is 36.0 Å². The van der Waals surface area contributed by atoms with Crippen LogP contribution in [0.3, 0.4) is 0 Å². The minimum absolute atomic E-state index is 0.0738. The van der Waals surface area contributed by atoms with E-state index in [4.69, 9.17) is 5.73 Å². The molecule has 0 spiro atoms. The van der Waals surface area contributed by atoms with Crippen molar-refractivity contribution in [3.8, 4) is 0 Å². The summed E-state index contributed by atoms with van der Waals surface area (Å²) in [4.78, 5) is 16.6. The van der Waals surface area contributed by atoms with E-state index in [2.05, 4.69) is 10.3 Å². The molecule has 21 heavy (non-hydrogen) atoms. The molecule has 1 aliphatic heterocycles. The molecule has 3 N–H and O–H groups in total. The minimum Gasteiger partial charge on any atom is -0.398 e. The Morgan fingerprint density at radius 3 is 2.76 bits per heavy atom. The highest BCUT2D eigenvalue weighted by molar-refractivity contribution is 7.85. The van der Waals surface area contributed by atoms with Gasteiger partial charge in [-0.2, -0.15) is 0 Å². The van der Waals surface area contributed by atoms with Gasteiger partial charge in [0.15, 0.2) is 0 Å². The van der Waals surface area contributed by atoms with E-state index >= 15 is 0 Å². The molecule has 1 amide bonds. The van der Waals surface area contributed by atoms with Gasteiger partial charge < -0.3 is 11.1 Å². The molecular formula is C15H17N3O2S. The van der Waals surface area contributed by atoms with E-state index in [0.717, 1.165) is 18.2 Å². The van der Waals surface area contributed by atoms with Gasteiger partial charge in [0.25, 0.3) is 5.91 Å². The second kappa shape index (κ2) is 5.81. The zero-order valence-electron chi connectivity index (χ0n) is 11.5. The molecule has 1 aromatic carbocycles. The quantitative estimate of drug-likeness (QED) is 0.879. The molecule has 110 valence electrons. The lowest BCUT2D eigenvalue weighted by Crippen LogP contribution is -2.39. The van der Waals surface area contributed by atoms with Gasteiger partial charge in [-0.1, -0.05) is 18.2 Å². The van der Waals surface area contributed by atoms with Gasteiger partial charge in [0, 0.05) is 39.4 Å². The highest BCUT2D eigenvalue weighted by Crippen LogP contribution is 2.20. The Morgan fingerprint density at radius 2 is 2.00 bits per heavy atom. The molecule has 5 nitrogen and oxygen atoms in total. The second-order valence-electron chi connectivity index (χ2n) is 5.21. The third-order valence-electron chi connectivity index (χ3n) is 3.70. The molecule has 1 aromatic heterocycles. The molecule has 0 saturated carbocycles. The summed E-state index contributed by atoms with van der Waals surface area (Å²) < 4.78 is 11.3. The van der Waals surface area contributed by atoms with Crippen molar-refractivity contribution >= 4 is 33.3 Å². The van der Waals surface area contributed by atoms with E-state index < -0.39 is 10.8 Å². The van der Waals surface area contributed by atoms with Gasteiger partial charge in [-0.3, -0.25) is 9.00 Å². The zero-order chi connectivity index (χ0) is 14.8. The Labute approximate surface area is 125 Å². The smallest absolute Gasteiger partial charge is 0.270 e. The number of nitrogens with two attached hydrogens (primary N) is 1. The monoisotopic (exact) mass is 303 g/mol. The lowest BCUT2D eigenvalue weighted by Gasteiger charge is -2.22. The van der Waals surface area contributed by atoms with Crippen LogP contribution in [0.15, 0.2) is 30.3 Å². The van der Waals surface area contributed by atoms with E-state index in [0.29, 0.717) is 28.4 Å². The summed E-state index contributed by atoms with van der Waals surface area (Å²) in [6, 6.07) is 9.17. The predicted molar refractivity (Wildman–Crippen MR) is 84.5 cm³/mol. The minimum atomic E-state index is -0.729. The van der Waals surface area contributed by atoms with Gasteiger partial charge in [0.1, 0.15) is 5.69 Å². The van der Waals surface area contributed by atoms with Crippen LogP contribution >= 0.6 is 0 Å². The number of carbonyl (C=O) groups excluding carboxylic acids is 1. The molecule has 0 aliphatic carbocycles. The maximum atomic E-state index is 12.3. The molecule has 0 atom stereocenters. The van der Waals surface area contributed by atoms with Crippen LogP contribution in [-0.4, -0.2) is 32.6 Å². The number of rotatable bonds is 2. The number of carbonyl (C=O) groups is 1. The SMILES string of the molecule is Nc1cc(C(=O)NC2CCS(=O)CC2)nc2ccccc12. The highest BCUT2D eigenvalue weighted by atomic mass is 32.2. The van der Waals surface area contributed by atoms with E-state index in [1.165, 1.54) is 0 Å². The molecule has 2 aromatic rings. The molecule has 6 heteroatoms. The first kappa shape index (κ1) is 14.0. The largest absolute Gasteiger partial charge is 0.398 e. The Hall–Kier alpha value is -1.95. The van der Waals surface area contributed by atoms with E-state index in [1.807, 2.05) is 24.3 Å². The number of fused-ring (bicyclic) bond motifs is 1. The summed E-state index contributed by atoms with van der Waals surface area (Å²) in [6.45, 7) is 0. The fourth-order valence-electron chi connectivity index (χ4n) is 2.52. The Morgan fingerprint density at radius 1 is 1.29 bits per heavy atom. The third-order valence-corrected chi connectivity index (χ3v) is 5.09. The van der Waals surface area contributed by atoms with Crippen molar-refractivity contribution in [2.75, 3.05) is 17.2 Å². The molecule has 1 fully saturated rings. The van der Waals surface area contributed by atoms with Crippen molar-refractivity contribution in [3.63, 3.8) is 0 Å². The number of anilines is 1. The summed E-state index contributed by atoms with van der Waals surface area (Å²) >= 11 is 0. The molecule has 1 saturated heterocycles. The Balaban J connectivity index is 1.80. The second-order valence-corrected chi connectivity index (χ2v) is 6.91. The fraction of sp³-hybridized carbons (Fsp3) is 0.333. The first-order chi connectivity index (χ1) is 10.1. The summed E-state index contributed by atoms with van der Waals surface area (Å²) in [5.74, 6) is 1.08. The van der Waals surface area contributed by atoms with Crippen molar-refractivity contribution in [1.29, 1.82) is 0 Å². The fourth-order valence-corrected chi connectivity index (χ4v) is 3.82. The standard InChI is InChI=1S/C15H17N3O2S/c16-12-9-14(18-13-4-2-1-3-11(12)13)15(19)17-10-5-7-21(20)8-6-10/h1-4,9-10H,5-8H2,(H2,16,18)(H,17,19). The van der Waals surface area contributed by atoms with Crippen LogP contribution in [-0.2, 0) is 10.8 Å². The first-order valence-corrected chi connectivity index (χ1v) is 8.43. The molecule has 0 unspecified atom stereocenters. The number of nitrogen functional groups attached to an aromatic ring is 1. The number of hydrogen-bond donors (Lipinski definition) is 2. The van der Waals surface area contributed by atoms with Crippen molar-refractivity contribution in [2.45, 2.75) is 18.9 Å². The van der Waals surface area contributed by atoms with Crippen LogP contribution in [0.1, 0.15) is 23.3 Å². The summed E-state index contributed by atoms with van der Waals surface area (Å²) in [5, 5.41) is 3.81. The highest BCUT2D eigenvalue weighted by Gasteiger charge is 2.21. The lowest BCUT2D eigenvalue weighted by atomic mass is 10.1. The van der Waals surface area contributed by atoms with Crippen LogP contribution in [0.4, 0.5) is 5.69 Å². The maximum absolute atomic E-state index is 12.3. The Kier molecular flexibility index (Phi) is 3.88. The predicted octanol–water partition coefficient (Wildman–Crippen LogP) is 1.46. The lowest BCUT2D eigenvalue weighted by molar-refractivity contribution is 0.0930. The van der Waals surface area contributed by atoms with Gasteiger partial charge in [0.05, 0.1) is 5.52 Å². The number of para-hydroxylation sites is 1. The van der Waals surface area contributed by atoms with Gasteiger partial charge in [-0.15, -0.1) is 0 Å². The van der Waals surface area contributed by atoms with Gasteiger partial charge in [-0.05, 0) is 25.0 Å². The molecule has 0 bridgehead atoms. The molecule has 2 heterocycles. The topological polar surface area (TPSA) is 85.1 Å². The van der Waals surface area contributed by atoms with Gasteiger partial charge in [-0.25, -0.2) is 4.98 Å². The van der Waals surface area contributed by atoms with Crippen molar-refractivity contribution in [2.24, 2.45) is 0 Å². The van der Waals surface area contributed by atoms with E-state index in [9.17, 15) is 9.00 Å². The van der Waals surface area contributed by atoms with Gasteiger partial charge >= 0.3 is 0 Å². The molecule has 0 radical (unpaired) electrons. The number of amides is 1. The molecule has 3 rings (SSSR count). The zero-order valence-corrected chi connectivity index (χ0v) is 12.4. The molecule has 1 aliphatic rings. The number of pyridine rings is 1. The number of aromatic nitrogens is 1. The van der Waals surface area contributed by atoms with Crippen LogP contribution < -0.4 is 11.1 Å². The molecular weight excluding hydrogens is 286 g/mol. The average molecular weight is 303 g/mol. The number of benzene rings is 1. The summed E-state index contributed by atoms with van der Waals surface area (Å²) in [6.07, 6.45) is 1.50. The van der Waals surface area contributed by atoms with E-state index in [1.54, 1.807) is 6.07 Å². The number of nitrogens with one attached hydrogen (secondary N) is 1. The summed E-state index contributed by atoms with van der Waals surface area (Å²) in [5.41, 5.74) is 7.58. The van der Waals surface area contributed by atoms with Crippen LogP contribution in [0.25, 0.3) is 10.9 Å². The number of nitrogens with zero attached hydrogens (tertiary/aromatic N) is 1. The summed E-state index contributed by atoms with van der Waals surface area (Å²) in [7, 11) is -0.729. The normalized spacial score (nSPS) is 22.1. The number of hydrogen-bond acceptors (Lipinski definition) is 4. The van der Waals surface area contributed by atoms with Crippen molar-refractivity contribution < 1.29 is 9.00 Å². The maximum Gasteiger partial charge on any atom is 0.270 e. The average Bonchev–Trinajstić information content (AvgIpc) is 2.49. The van der Waals surface area contributed by atoms with Gasteiger partial charge in [0.2, 0.25) is 0 Å². The van der Waals surface area contributed by atoms with E-state index in [-0.39, 0.29) is 11.9 Å². The van der Waals surface area contributed by atoms with Crippen molar-refractivity contribution in [1.82, 2.24) is 10.3 Å². The van der Waals surface area contributed by atoms with Crippen LogP contribution in [0.2, 0.25) is 0 Å². The first-order valence-electron chi connectivity index (χ1n) is 6.94. The third kappa shape index (κ3) is 3.05.